The Hall–Kier alpha value is -1.91. The van der Waals surface area contributed by atoms with Gasteiger partial charge in [0.2, 0.25) is 5.91 Å². The van der Waals surface area contributed by atoms with Gasteiger partial charge in [0.1, 0.15) is 0 Å². The number of carbonyl (C=O) groups excluding carboxylic acids is 2. The number of rotatable bonds is 3. The molecule has 1 saturated heterocycles. The molecule has 0 bridgehead atoms. The van der Waals surface area contributed by atoms with E-state index in [9.17, 15) is 9.59 Å². The average Bonchev–Trinajstić information content (AvgIpc) is 2.73. The Kier molecular flexibility index (Phi) is 3.37. The fraction of sp³-hybridized carbons (Fsp3) is 0.417. The van der Waals surface area contributed by atoms with E-state index >= 15 is 0 Å². The van der Waals surface area contributed by atoms with Crippen molar-refractivity contribution in [1.82, 2.24) is 4.98 Å². The van der Waals surface area contributed by atoms with Crippen LogP contribution in [0.25, 0.3) is 0 Å². The van der Waals surface area contributed by atoms with E-state index in [4.69, 9.17) is 4.74 Å². The van der Waals surface area contributed by atoms with Crippen molar-refractivity contribution in [3.05, 3.63) is 24.5 Å². The van der Waals surface area contributed by atoms with Gasteiger partial charge in [0, 0.05) is 19.2 Å². The van der Waals surface area contributed by atoms with Gasteiger partial charge in [-0.2, -0.15) is 0 Å². The molecule has 1 aromatic heterocycles. The van der Waals surface area contributed by atoms with E-state index in [1.807, 2.05) is 0 Å². The third kappa shape index (κ3) is 2.43. The first kappa shape index (κ1) is 11.6. The Labute approximate surface area is 99.4 Å². The Morgan fingerprint density at radius 1 is 1.65 bits per heavy atom. The predicted molar refractivity (Wildman–Crippen MR) is 61.3 cm³/mol. The molecule has 0 saturated carbocycles. The fourth-order valence-electron chi connectivity index (χ4n) is 1.89. The minimum atomic E-state index is -0.359. The van der Waals surface area contributed by atoms with E-state index in [0.717, 1.165) is 5.69 Å². The normalized spacial score (nSPS) is 19.5. The lowest BCUT2D eigenvalue weighted by Crippen LogP contribution is -2.26. The summed E-state index contributed by atoms with van der Waals surface area (Å²) >= 11 is 0. The van der Waals surface area contributed by atoms with Gasteiger partial charge < -0.3 is 9.64 Å². The van der Waals surface area contributed by atoms with E-state index in [2.05, 4.69) is 4.98 Å². The van der Waals surface area contributed by atoms with Gasteiger partial charge in [-0.3, -0.25) is 14.6 Å². The van der Waals surface area contributed by atoms with Crippen LogP contribution in [0.4, 0.5) is 5.69 Å². The van der Waals surface area contributed by atoms with Crippen molar-refractivity contribution < 1.29 is 14.3 Å². The number of hydrogen-bond donors (Lipinski definition) is 0. The molecule has 17 heavy (non-hydrogen) atoms. The first-order valence-corrected chi connectivity index (χ1v) is 5.59. The van der Waals surface area contributed by atoms with Crippen LogP contribution in [-0.4, -0.2) is 30.0 Å². The Bertz CT molecular complexity index is 419. The molecule has 1 atom stereocenters. The highest BCUT2D eigenvalue weighted by Gasteiger charge is 2.35. The number of esters is 1. The third-order valence-electron chi connectivity index (χ3n) is 2.70. The molecule has 2 rings (SSSR count). The largest absolute Gasteiger partial charge is 0.466 e. The predicted octanol–water partition coefficient (Wildman–Crippen LogP) is 0.998. The minimum Gasteiger partial charge on any atom is -0.466 e. The lowest BCUT2D eigenvalue weighted by atomic mass is 10.1. The molecule has 90 valence electrons. The van der Waals surface area contributed by atoms with Gasteiger partial charge in [-0.05, 0) is 19.1 Å². The van der Waals surface area contributed by atoms with Crippen LogP contribution >= 0.6 is 0 Å². The topological polar surface area (TPSA) is 59.5 Å². The second kappa shape index (κ2) is 4.95. The monoisotopic (exact) mass is 234 g/mol. The number of ether oxygens (including phenoxy) is 1. The highest BCUT2D eigenvalue weighted by atomic mass is 16.5. The SMILES string of the molecule is CCOC(=O)[C@@H]1CC(=O)N(c2cccnc2)C1. The van der Waals surface area contributed by atoms with E-state index < -0.39 is 0 Å². The molecule has 0 spiro atoms. The van der Waals surface area contributed by atoms with Crippen LogP contribution in [0, 0.1) is 5.92 Å². The summed E-state index contributed by atoms with van der Waals surface area (Å²) in [6, 6.07) is 3.57. The molecule has 1 aliphatic rings. The quantitative estimate of drug-likeness (QED) is 0.732. The number of pyridine rings is 1. The summed E-state index contributed by atoms with van der Waals surface area (Å²) < 4.78 is 4.92. The maximum Gasteiger partial charge on any atom is 0.311 e. The number of anilines is 1. The highest BCUT2D eigenvalue weighted by molar-refractivity contribution is 5.99. The molecule has 2 heterocycles. The Balaban J connectivity index is 2.08. The summed E-state index contributed by atoms with van der Waals surface area (Å²) in [7, 11) is 0. The molecule has 1 aromatic rings. The number of amides is 1. The Morgan fingerprint density at radius 2 is 2.47 bits per heavy atom. The van der Waals surface area contributed by atoms with Gasteiger partial charge in [-0.25, -0.2) is 0 Å². The van der Waals surface area contributed by atoms with E-state index in [0.29, 0.717) is 13.2 Å². The lowest BCUT2D eigenvalue weighted by Gasteiger charge is -2.15. The van der Waals surface area contributed by atoms with Crippen LogP contribution in [-0.2, 0) is 14.3 Å². The summed E-state index contributed by atoms with van der Waals surface area (Å²) in [4.78, 5) is 28.9. The van der Waals surface area contributed by atoms with Gasteiger partial charge in [-0.1, -0.05) is 0 Å². The average molecular weight is 234 g/mol. The molecular formula is C12H14N2O3. The number of aromatic nitrogens is 1. The standard InChI is InChI=1S/C12H14N2O3/c1-2-17-12(16)9-6-11(15)14(8-9)10-4-3-5-13-7-10/h3-5,7,9H,2,6,8H2,1H3/t9-/m1/s1. The van der Waals surface area contributed by atoms with Crippen LogP contribution in [0.2, 0.25) is 0 Å². The van der Waals surface area contributed by atoms with Crippen molar-refractivity contribution in [3.63, 3.8) is 0 Å². The summed E-state index contributed by atoms with van der Waals surface area (Å²) in [5, 5.41) is 0. The zero-order valence-electron chi connectivity index (χ0n) is 9.63. The third-order valence-corrected chi connectivity index (χ3v) is 2.70. The Morgan fingerprint density at radius 3 is 3.12 bits per heavy atom. The zero-order chi connectivity index (χ0) is 12.3. The molecule has 0 unspecified atom stereocenters. The molecule has 0 aliphatic carbocycles. The summed E-state index contributed by atoms with van der Waals surface area (Å²) in [5.41, 5.74) is 0.726. The molecule has 5 heteroatoms. The lowest BCUT2D eigenvalue weighted by molar-refractivity contribution is -0.147. The van der Waals surface area contributed by atoms with E-state index in [1.54, 1.807) is 36.4 Å². The van der Waals surface area contributed by atoms with Crippen LogP contribution < -0.4 is 4.90 Å². The van der Waals surface area contributed by atoms with Gasteiger partial charge in [0.25, 0.3) is 0 Å². The van der Waals surface area contributed by atoms with Gasteiger partial charge in [0.15, 0.2) is 0 Å². The molecule has 0 N–H and O–H groups in total. The first-order chi connectivity index (χ1) is 8.22. The van der Waals surface area contributed by atoms with Crippen molar-refractivity contribution in [2.24, 2.45) is 5.92 Å². The molecule has 1 aliphatic heterocycles. The van der Waals surface area contributed by atoms with Gasteiger partial charge in [0.05, 0.1) is 24.4 Å². The van der Waals surface area contributed by atoms with Crippen LogP contribution in [0.5, 0.6) is 0 Å². The van der Waals surface area contributed by atoms with Crippen LogP contribution in [0.15, 0.2) is 24.5 Å². The van der Waals surface area contributed by atoms with Crippen LogP contribution in [0.3, 0.4) is 0 Å². The van der Waals surface area contributed by atoms with Crippen molar-refractivity contribution in [3.8, 4) is 0 Å². The highest BCUT2D eigenvalue weighted by Crippen LogP contribution is 2.24. The molecule has 1 amide bonds. The van der Waals surface area contributed by atoms with Crippen LogP contribution in [0.1, 0.15) is 13.3 Å². The summed E-state index contributed by atoms with van der Waals surface area (Å²) in [6.07, 6.45) is 3.48. The summed E-state index contributed by atoms with van der Waals surface area (Å²) in [5.74, 6) is -0.717. The molecule has 1 fully saturated rings. The molecule has 5 nitrogen and oxygen atoms in total. The zero-order valence-corrected chi connectivity index (χ0v) is 9.63. The van der Waals surface area contributed by atoms with Crippen molar-refractivity contribution >= 4 is 17.6 Å². The second-order valence-electron chi connectivity index (χ2n) is 3.87. The smallest absolute Gasteiger partial charge is 0.311 e. The van der Waals surface area contributed by atoms with E-state index in [1.165, 1.54) is 0 Å². The maximum atomic E-state index is 11.8. The number of nitrogens with zero attached hydrogens (tertiary/aromatic N) is 2. The van der Waals surface area contributed by atoms with E-state index in [-0.39, 0.29) is 24.2 Å². The second-order valence-corrected chi connectivity index (χ2v) is 3.87. The number of carbonyl (C=O) groups is 2. The summed E-state index contributed by atoms with van der Waals surface area (Å²) in [6.45, 7) is 2.48. The van der Waals surface area contributed by atoms with Gasteiger partial charge >= 0.3 is 5.97 Å². The minimum absolute atomic E-state index is 0.0592. The molecule has 0 aromatic carbocycles. The molecule has 0 radical (unpaired) electrons. The van der Waals surface area contributed by atoms with Crippen molar-refractivity contribution in [2.45, 2.75) is 13.3 Å². The fourth-order valence-corrected chi connectivity index (χ4v) is 1.89. The van der Waals surface area contributed by atoms with Crippen molar-refractivity contribution in [1.29, 1.82) is 0 Å². The van der Waals surface area contributed by atoms with Gasteiger partial charge in [-0.15, -0.1) is 0 Å². The number of hydrogen-bond acceptors (Lipinski definition) is 4. The molecular weight excluding hydrogens is 220 g/mol. The first-order valence-electron chi connectivity index (χ1n) is 5.59. The maximum absolute atomic E-state index is 11.8. The van der Waals surface area contributed by atoms with Crippen molar-refractivity contribution in [2.75, 3.05) is 18.1 Å².